The molecule has 9 nitrogen and oxygen atoms in total. The molecule has 2 amide bonds. The van der Waals surface area contributed by atoms with E-state index in [2.05, 4.69) is 5.32 Å². The van der Waals surface area contributed by atoms with Crippen LogP contribution >= 0.6 is 0 Å². The molecule has 0 aliphatic carbocycles. The molecule has 0 aromatic heterocycles. The summed E-state index contributed by atoms with van der Waals surface area (Å²) in [7, 11) is -4.17. The number of nitrogens with one attached hydrogen (secondary N) is 1. The summed E-state index contributed by atoms with van der Waals surface area (Å²) in [6, 6.07) is 19.4. The van der Waals surface area contributed by atoms with Gasteiger partial charge in [0.2, 0.25) is 11.8 Å². The Morgan fingerprint density at radius 3 is 2.27 bits per heavy atom. The third kappa shape index (κ3) is 7.00. The molecule has 10 heteroatoms. The van der Waals surface area contributed by atoms with Gasteiger partial charge in [-0.05, 0) is 62.6 Å². The van der Waals surface area contributed by atoms with Gasteiger partial charge in [0.05, 0.1) is 10.6 Å². The van der Waals surface area contributed by atoms with Crippen molar-refractivity contribution in [2.24, 2.45) is 0 Å². The van der Waals surface area contributed by atoms with Gasteiger partial charge in [-0.1, -0.05) is 49.4 Å². The quantitative estimate of drug-likeness (QED) is 0.363. The summed E-state index contributed by atoms with van der Waals surface area (Å²) < 4.78 is 40.3. The summed E-state index contributed by atoms with van der Waals surface area (Å²) in [5.74, 6) is 0.0694. The largest absolute Gasteiger partial charge is 0.486 e. The molecule has 0 bridgehead atoms. The van der Waals surface area contributed by atoms with Crippen LogP contribution in [-0.2, 0) is 26.2 Å². The first-order chi connectivity index (χ1) is 19.6. The Morgan fingerprint density at radius 1 is 0.927 bits per heavy atom. The maximum Gasteiger partial charge on any atom is 0.264 e. The zero-order valence-corrected chi connectivity index (χ0v) is 24.7. The van der Waals surface area contributed by atoms with Crippen LogP contribution in [-0.4, -0.2) is 57.0 Å². The zero-order chi connectivity index (χ0) is 29.6. The first kappa shape index (κ1) is 29.9. The Morgan fingerprint density at radius 2 is 1.59 bits per heavy atom. The van der Waals surface area contributed by atoms with Gasteiger partial charge < -0.3 is 19.7 Å². The van der Waals surface area contributed by atoms with Gasteiger partial charge in [0.1, 0.15) is 25.8 Å². The fourth-order valence-corrected chi connectivity index (χ4v) is 5.88. The summed E-state index contributed by atoms with van der Waals surface area (Å²) in [5, 5.41) is 2.95. The molecule has 4 rings (SSSR count). The summed E-state index contributed by atoms with van der Waals surface area (Å²) in [6.07, 6.45) is 0.734. The molecule has 1 aliphatic rings. The number of carbonyl (C=O) groups is 2. The maximum atomic E-state index is 14.1. The van der Waals surface area contributed by atoms with Crippen molar-refractivity contribution >= 4 is 27.5 Å². The van der Waals surface area contributed by atoms with E-state index in [0.717, 1.165) is 21.9 Å². The number of nitrogens with zero attached hydrogens (tertiary/aromatic N) is 2. The lowest BCUT2D eigenvalue weighted by molar-refractivity contribution is -0.139. The molecular formula is C31H37N3O6S. The molecule has 1 aliphatic heterocycles. The highest BCUT2D eigenvalue weighted by molar-refractivity contribution is 7.92. The number of aryl methyl sites for hydroxylation is 1. The Balaban J connectivity index is 1.73. The molecule has 0 spiro atoms. The second-order valence-corrected chi connectivity index (χ2v) is 12.0. The molecular weight excluding hydrogens is 542 g/mol. The van der Waals surface area contributed by atoms with Crippen molar-refractivity contribution in [3.8, 4) is 11.5 Å². The molecule has 3 aromatic rings. The summed E-state index contributed by atoms with van der Waals surface area (Å²) in [5.41, 5.74) is 2.07. The predicted octanol–water partition coefficient (Wildman–Crippen LogP) is 4.29. The molecule has 2 atom stereocenters. The number of hydrogen-bond donors (Lipinski definition) is 1. The first-order valence-electron chi connectivity index (χ1n) is 13.7. The van der Waals surface area contributed by atoms with Gasteiger partial charge >= 0.3 is 0 Å². The monoisotopic (exact) mass is 579 g/mol. The number of benzene rings is 3. The van der Waals surface area contributed by atoms with Crippen molar-refractivity contribution in [1.29, 1.82) is 0 Å². The van der Waals surface area contributed by atoms with Crippen molar-refractivity contribution in [3.63, 3.8) is 0 Å². The first-order valence-corrected chi connectivity index (χ1v) is 15.2. The normalized spacial score (nSPS) is 14.0. The van der Waals surface area contributed by atoms with Gasteiger partial charge in [0.25, 0.3) is 10.0 Å². The van der Waals surface area contributed by atoms with E-state index in [1.165, 1.54) is 17.0 Å². The number of amides is 2. The highest BCUT2D eigenvalue weighted by Crippen LogP contribution is 2.36. The fourth-order valence-electron chi connectivity index (χ4n) is 4.45. The van der Waals surface area contributed by atoms with Crippen LogP contribution in [0.4, 0.5) is 5.69 Å². The molecule has 0 unspecified atom stereocenters. The zero-order valence-electron chi connectivity index (χ0n) is 23.9. The van der Waals surface area contributed by atoms with Crippen molar-refractivity contribution in [1.82, 2.24) is 10.2 Å². The minimum Gasteiger partial charge on any atom is -0.486 e. The van der Waals surface area contributed by atoms with E-state index in [4.69, 9.17) is 9.47 Å². The minimum absolute atomic E-state index is 0.0377. The van der Waals surface area contributed by atoms with E-state index in [1.807, 2.05) is 45.0 Å². The van der Waals surface area contributed by atoms with Crippen LogP contribution in [0.5, 0.6) is 11.5 Å². The Labute approximate surface area is 242 Å². The van der Waals surface area contributed by atoms with Gasteiger partial charge in [-0.15, -0.1) is 0 Å². The lowest BCUT2D eigenvalue weighted by Crippen LogP contribution is -2.52. The van der Waals surface area contributed by atoms with Gasteiger partial charge in [-0.3, -0.25) is 13.9 Å². The number of carbonyl (C=O) groups excluding carboxylic acids is 2. The minimum atomic E-state index is -4.17. The van der Waals surface area contributed by atoms with Crippen LogP contribution in [0.3, 0.4) is 0 Å². The lowest BCUT2D eigenvalue weighted by Gasteiger charge is -2.33. The van der Waals surface area contributed by atoms with E-state index in [0.29, 0.717) is 24.7 Å². The highest BCUT2D eigenvalue weighted by atomic mass is 32.2. The van der Waals surface area contributed by atoms with Gasteiger partial charge in [0.15, 0.2) is 11.5 Å². The van der Waals surface area contributed by atoms with Crippen molar-refractivity contribution in [2.45, 2.75) is 57.6 Å². The Kier molecular flexibility index (Phi) is 9.54. The third-order valence-corrected chi connectivity index (χ3v) is 8.98. The molecule has 1 N–H and O–H groups in total. The molecule has 218 valence electrons. The van der Waals surface area contributed by atoms with Crippen LogP contribution in [0.15, 0.2) is 77.7 Å². The molecule has 1 heterocycles. The summed E-state index contributed by atoms with van der Waals surface area (Å²) >= 11 is 0. The number of rotatable bonds is 11. The number of anilines is 1. The predicted molar refractivity (Wildman–Crippen MR) is 157 cm³/mol. The molecule has 0 saturated heterocycles. The van der Waals surface area contributed by atoms with E-state index in [9.17, 15) is 18.0 Å². The van der Waals surface area contributed by atoms with Gasteiger partial charge in [-0.25, -0.2) is 8.42 Å². The number of hydrogen-bond acceptors (Lipinski definition) is 6. The smallest absolute Gasteiger partial charge is 0.264 e. The molecule has 0 saturated carbocycles. The van der Waals surface area contributed by atoms with Crippen LogP contribution in [0, 0.1) is 6.92 Å². The third-order valence-electron chi connectivity index (χ3n) is 7.19. The fraction of sp³-hybridized carbons (Fsp3) is 0.355. The van der Waals surface area contributed by atoms with Gasteiger partial charge in [-0.2, -0.15) is 0 Å². The van der Waals surface area contributed by atoms with Crippen LogP contribution < -0.4 is 19.1 Å². The molecule has 3 aromatic carbocycles. The van der Waals surface area contributed by atoms with E-state index in [-0.39, 0.29) is 29.1 Å². The molecule has 0 radical (unpaired) electrons. The van der Waals surface area contributed by atoms with Crippen molar-refractivity contribution in [3.05, 3.63) is 83.9 Å². The number of ether oxygens (including phenoxy) is 2. The second-order valence-electron chi connectivity index (χ2n) is 10.1. The summed E-state index contributed by atoms with van der Waals surface area (Å²) in [4.78, 5) is 28.8. The van der Waals surface area contributed by atoms with Crippen LogP contribution in [0.25, 0.3) is 0 Å². The van der Waals surface area contributed by atoms with E-state index < -0.39 is 28.5 Å². The highest BCUT2D eigenvalue weighted by Gasteiger charge is 2.33. The van der Waals surface area contributed by atoms with Gasteiger partial charge in [0, 0.05) is 18.7 Å². The summed E-state index contributed by atoms with van der Waals surface area (Å²) in [6.45, 7) is 7.79. The average molecular weight is 580 g/mol. The second kappa shape index (κ2) is 13.1. The van der Waals surface area contributed by atoms with Crippen LogP contribution in [0.1, 0.15) is 38.3 Å². The standard InChI is InChI=1S/C31H37N3O6S/c1-5-23(3)32-31(36)24(4)33(20-25-12-10-9-11-22(25)2)30(35)21-34(41(37,38)27-13-7-6-8-14-27)26-15-16-28-29(19-26)40-18-17-39-28/h6-16,19,23-24H,5,17-18,20-21H2,1-4H3,(H,32,36)/t23-,24+/m0/s1. The average Bonchev–Trinajstić information content (AvgIpc) is 2.99. The van der Waals surface area contributed by atoms with E-state index in [1.54, 1.807) is 43.3 Å². The Bertz CT molecular complexity index is 1480. The number of sulfonamides is 1. The van der Waals surface area contributed by atoms with E-state index >= 15 is 0 Å². The SMILES string of the molecule is CC[C@H](C)NC(=O)[C@@H](C)N(Cc1ccccc1C)C(=O)CN(c1ccc2c(c1)OCCO2)S(=O)(=O)c1ccccc1. The number of fused-ring (bicyclic) bond motifs is 1. The molecule has 41 heavy (non-hydrogen) atoms. The Hall–Kier alpha value is -4.05. The topological polar surface area (TPSA) is 105 Å². The van der Waals surface area contributed by atoms with Crippen molar-refractivity contribution in [2.75, 3.05) is 24.1 Å². The molecule has 0 fully saturated rings. The maximum absolute atomic E-state index is 14.1. The lowest BCUT2D eigenvalue weighted by atomic mass is 10.1. The van der Waals surface area contributed by atoms with Crippen LogP contribution in [0.2, 0.25) is 0 Å². The van der Waals surface area contributed by atoms with Crippen molar-refractivity contribution < 1.29 is 27.5 Å².